The van der Waals surface area contributed by atoms with Gasteiger partial charge in [0.05, 0.1) is 0 Å². The fourth-order valence-corrected chi connectivity index (χ4v) is 1.75. The van der Waals surface area contributed by atoms with Crippen molar-refractivity contribution in [1.82, 2.24) is 4.90 Å². The molecule has 16 heavy (non-hydrogen) atoms. The first-order chi connectivity index (χ1) is 7.86. The number of allylic oxidation sites excluding steroid dienone is 2. The van der Waals surface area contributed by atoms with Gasteiger partial charge in [0.1, 0.15) is 0 Å². The van der Waals surface area contributed by atoms with Crippen LogP contribution in [0.25, 0.3) is 6.08 Å². The second-order valence-corrected chi connectivity index (χ2v) is 4.01. The van der Waals surface area contributed by atoms with Crippen LogP contribution >= 0.6 is 0 Å². The molecule has 0 saturated carbocycles. The van der Waals surface area contributed by atoms with Crippen LogP contribution in [0.3, 0.4) is 0 Å². The van der Waals surface area contributed by atoms with Crippen molar-refractivity contribution in [2.45, 2.75) is 6.04 Å². The van der Waals surface area contributed by atoms with Crippen molar-refractivity contribution in [1.29, 1.82) is 0 Å². The van der Waals surface area contributed by atoms with E-state index in [1.807, 2.05) is 6.07 Å². The lowest BCUT2D eigenvalue weighted by molar-refractivity contribution is 0.356. The SMILES string of the molecule is CN(C/C=C/c1ccccc1)C1C=CC=C1. The molecule has 0 radical (unpaired) electrons. The van der Waals surface area contributed by atoms with E-state index in [2.05, 4.69) is 72.7 Å². The molecule has 0 spiro atoms. The molecule has 0 atom stereocenters. The first-order valence-electron chi connectivity index (χ1n) is 5.63. The average Bonchev–Trinajstić information content (AvgIpc) is 2.84. The first-order valence-corrected chi connectivity index (χ1v) is 5.63. The third kappa shape index (κ3) is 2.94. The molecule has 1 heteroatoms. The smallest absolute Gasteiger partial charge is 0.0468 e. The minimum absolute atomic E-state index is 0.459. The van der Waals surface area contributed by atoms with Crippen LogP contribution in [-0.2, 0) is 0 Å². The summed E-state index contributed by atoms with van der Waals surface area (Å²) in [6.45, 7) is 0.967. The lowest BCUT2D eigenvalue weighted by atomic mass is 10.2. The largest absolute Gasteiger partial charge is 0.293 e. The highest BCUT2D eigenvalue weighted by Crippen LogP contribution is 2.07. The number of hydrogen-bond acceptors (Lipinski definition) is 1. The Bertz CT molecular complexity index is 389. The summed E-state index contributed by atoms with van der Waals surface area (Å²) in [4.78, 5) is 2.31. The minimum Gasteiger partial charge on any atom is -0.293 e. The monoisotopic (exact) mass is 211 g/mol. The molecular formula is C15H17N. The Labute approximate surface area is 97.4 Å². The molecule has 1 nitrogen and oxygen atoms in total. The Morgan fingerprint density at radius 1 is 1.12 bits per heavy atom. The van der Waals surface area contributed by atoms with Gasteiger partial charge in [-0.15, -0.1) is 0 Å². The van der Waals surface area contributed by atoms with Gasteiger partial charge in [0.25, 0.3) is 0 Å². The zero-order chi connectivity index (χ0) is 11.2. The van der Waals surface area contributed by atoms with Gasteiger partial charge in [-0.25, -0.2) is 0 Å². The molecule has 0 heterocycles. The van der Waals surface area contributed by atoms with Gasteiger partial charge in [0.15, 0.2) is 0 Å². The molecule has 0 unspecified atom stereocenters. The maximum atomic E-state index is 2.31. The number of benzene rings is 1. The Morgan fingerprint density at radius 3 is 2.50 bits per heavy atom. The zero-order valence-corrected chi connectivity index (χ0v) is 9.58. The molecule has 1 aliphatic rings. The van der Waals surface area contributed by atoms with E-state index in [-0.39, 0.29) is 0 Å². The predicted octanol–water partition coefficient (Wildman–Crippen LogP) is 3.13. The highest BCUT2D eigenvalue weighted by molar-refractivity contribution is 5.48. The summed E-state index contributed by atoms with van der Waals surface area (Å²) >= 11 is 0. The van der Waals surface area contributed by atoms with Gasteiger partial charge >= 0.3 is 0 Å². The summed E-state index contributed by atoms with van der Waals surface area (Å²) in [6.07, 6.45) is 13.0. The molecule has 0 bridgehead atoms. The van der Waals surface area contributed by atoms with Crippen molar-refractivity contribution in [3.63, 3.8) is 0 Å². The second-order valence-electron chi connectivity index (χ2n) is 4.01. The molecule has 1 aromatic rings. The Hall–Kier alpha value is -1.60. The molecule has 1 aromatic carbocycles. The van der Waals surface area contributed by atoms with Crippen LogP contribution in [0.2, 0.25) is 0 Å². The van der Waals surface area contributed by atoms with E-state index >= 15 is 0 Å². The van der Waals surface area contributed by atoms with E-state index in [1.54, 1.807) is 0 Å². The van der Waals surface area contributed by atoms with E-state index in [4.69, 9.17) is 0 Å². The van der Waals surface area contributed by atoms with Crippen molar-refractivity contribution >= 4 is 6.08 Å². The number of rotatable bonds is 4. The van der Waals surface area contributed by atoms with Gasteiger partial charge in [-0.1, -0.05) is 66.8 Å². The van der Waals surface area contributed by atoms with Crippen molar-refractivity contribution in [2.75, 3.05) is 13.6 Å². The molecule has 0 fully saturated rings. The maximum Gasteiger partial charge on any atom is 0.0468 e. The Kier molecular flexibility index (Phi) is 3.73. The number of hydrogen-bond donors (Lipinski definition) is 0. The average molecular weight is 211 g/mol. The maximum absolute atomic E-state index is 2.31. The van der Waals surface area contributed by atoms with Gasteiger partial charge in [-0.05, 0) is 12.6 Å². The van der Waals surface area contributed by atoms with Gasteiger partial charge < -0.3 is 0 Å². The highest BCUT2D eigenvalue weighted by atomic mass is 15.1. The van der Waals surface area contributed by atoms with Crippen molar-refractivity contribution in [3.8, 4) is 0 Å². The van der Waals surface area contributed by atoms with Crippen LogP contribution in [0.4, 0.5) is 0 Å². The van der Waals surface area contributed by atoms with E-state index in [9.17, 15) is 0 Å². The Morgan fingerprint density at radius 2 is 1.81 bits per heavy atom. The number of nitrogens with zero attached hydrogens (tertiary/aromatic N) is 1. The second kappa shape index (κ2) is 5.47. The highest BCUT2D eigenvalue weighted by Gasteiger charge is 2.07. The predicted molar refractivity (Wildman–Crippen MR) is 70.2 cm³/mol. The molecule has 0 amide bonds. The summed E-state index contributed by atoms with van der Waals surface area (Å²) < 4.78 is 0. The molecule has 0 aromatic heterocycles. The van der Waals surface area contributed by atoms with Crippen LogP contribution in [0.15, 0.2) is 60.7 Å². The molecule has 82 valence electrons. The quantitative estimate of drug-likeness (QED) is 0.739. The van der Waals surface area contributed by atoms with Gasteiger partial charge in [-0.3, -0.25) is 4.90 Å². The molecule has 0 aliphatic heterocycles. The van der Waals surface area contributed by atoms with E-state index in [1.165, 1.54) is 5.56 Å². The summed E-state index contributed by atoms with van der Waals surface area (Å²) in [5.41, 5.74) is 1.26. The fourth-order valence-electron chi connectivity index (χ4n) is 1.75. The first kappa shape index (κ1) is 10.9. The van der Waals surface area contributed by atoms with Crippen molar-refractivity contribution in [3.05, 3.63) is 66.3 Å². The van der Waals surface area contributed by atoms with E-state index in [0.29, 0.717) is 6.04 Å². The van der Waals surface area contributed by atoms with Crippen LogP contribution in [0, 0.1) is 0 Å². The zero-order valence-electron chi connectivity index (χ0n) is 9.58. The lowest BCUT2D eigenvalue weighted by Crippen LogP contribution is -2.27. The summed E-state index contributed by atoms with van der Waals surface area (Å²) in [6, 6.07) is 10.9. The Balaban J connectivity index is 1.85. The molecule has 0 saturated heterocycles. The van der Waals surface area contributed by atoms with Gasteiger partial charge in [-0.2, -0.15) is 0 Å². The minimum atomic E-state index is 0.459. The third-order valence-corrected chi connectivity index (χ3v) is 2.74. The topological polar surface area (TPSA) is 3.24 Å². The molecule has 1 aliphatic carbocycles. The summed E-state index contributed by atoms with van der Waals surface area (Å²) in [5.74, 6) is 0. The fraction of sp³-hybridized carbons (Fsp3) is 0.200. The molecule has 0 N–H and O–H groups in total. The lowest BCUT2D eigenvalue weighted by Gasteiger charge is -2.19. The van der Waals surface area contributed by atoms with E-state index in [0.717, 1.165) is 6.54 Å². The molecular weight excluding hydrogens is 194 g/mol. The third-order valence-electron chi connectivity index (χ3n) is 2.74. The van der Waals surface area contributed by atoms with Crippen LogP contribution in [-0.4, -0.2) is 24.5 Å². The standard InChI is InChI=1S/C15H17N/c1-16(15-11-5-6-12-15)13-7-10-14-8-3-2-4-9-14/h2-12,15H,13H2,1H3/b10-7+. The summed E-state index contributed by atoms with van der Waals surface area (Å²) in [5, 5.41) is 0. The molecule has 2 rings (SSSR count). The van der Waals surface area contributed by atoms with E-state index < -0.39 is 0 Å². The van der Waals surface area contributed by atoms with Crippen LogP contribution in [0.1, 0.15) is 5.56 Å². The van der Waals surface area contributed by atoms with Crippen molar-refractivity contribution in [2.24, 2.45) is 0 Å². The van der Waals surface area contributed by atoms with Crippen molar-refractivity contribution < 1.29 is 0 Å². The summed E-state index contributed by atoms with van der Waals surface area (Å²) in [7, 11) is 2.14. The van der Waals surface area contributed by atoms with Crippen LogP contribution < -0.4 is 0 Å². The normalized spacial score (nSPS) is 15.6. The van der Waals surface area contributed by atoms with Crippen LogP contribution in [0.5, 0.6) is 0 Å². The van der Waals surface area contributed by atoms with Gasteiger partial charge in [0, 0.05) is 12.6 Å². The van der Waals surface area contributed by atoms with Gasteiger partial charge in [0.2, 0.25) is 0 Å². The number of likely N-dealkylation sites (N-methyl/N-ethyl adjacent to an activating group) is 1.